The van der Waals surface area contributed by atoms with Crippen LogP contribution in [0.1, 0.15) is 17.4 Å². The van der Waals surface area contributed by atoms with Gasteiger partial charge in [-0.3, -0.25) is 0 Å². The van der Waals surface area contributed by atoms with E-state index in [1.165, 1.54) is 10.4 Å². The molecule has 0 saturated carbocycles. The van der Waals surface area contributed by atoms with Gasteiger partial charge in [-0.05, 0) is 30.2 Å². The van der Waals surface area contributed by atoms with Crippen molar-refractivity contribution >= 4 is 23.1 Å². The van der Waals surface area contributed by atoms with Crippen molar-refractivity contribution in [3.63, 3.8) is 0 Å². The molecule has 13 heavy (non-hydrogen) atoms. The van der Waals surface area contributed by atoms with Crippen LogP contribution in [0.2, 0.25) is 0 Å². The smallest absolute Gasteiger partial charge is 0.0302 e. The van der Waals surface area contributed by atoms with E-state index in [-0.39, 0.29) is 0 Å². The molecule has 1 aromatic rings. The van der Waals surface area contributed by atoms with Gasteiger partial charge in [-0.2, -0.15) is 11.8 Å². The van der Waals surface area contributed by atoms with Gasteiger partial charge in [0.15, 0.2) is 0 Å². The van der Waals surface area contributed by atoms with Gasteiger partial charge < -0.3 is 5.32 Å². The molecule has 0 aliphatic rings. The third-order valence-electron chi connectivity index (χ3n) is 2.09. The van der Waals surface area contributed by atoms with Crippen LogP contribution in [0.5, 0.6) is 0 Å². The molecule has 0 radical (unpaired) electrons. The highest BCUT2D eigenvalue weighted by Gasteiger charge is 2.01. The molecule has 0 bridgehead atoms. The summed E-state index contributed by atoms with van der Waals surface area (Å²) in [5.41, 5.74) is 1.41. The van der Waals surface area contributed by atoms with Crippen LogP contribution in [0.15, 0.2) is 11.4 Å². The Kier molecular flexibility index (Phi) is 4.84. The Balaban J connectivity index is 2.24. The van der Waals surface area contributed by atoms with Crippen molar-refractivity contribution in [1.29, 1.82) is 0 Å². The van der Waals surface area contributed by atoms with E-state index in [2.05, 4.69) is 36.9 Å². The molecule has 3 heteroatoms. The molecule has 0 saturated heterocycles. The van der Waals surface area contributed by atoms with Gasteiger partial charge in [-0.1, -0.05) is 6.92 Å². The van der Waals surface area contributed by atoms with Crippen LogP contribution in [0, 0.1) is 6.92 Å². The molecule has 0 aromatic carbocycles. The lowest BCUT2D eigenvalue weighted by Crippen LogP contribution is -2.21. The zero-order chi connectivity index (χ0) is 9.68. The van der Waals surface area contributed by atoms with E-state index >= 15 is 0 Å². The number of nitrogens with one attached hydrogen (secondary N) is 1. The lowest BCUT2D eigenvalue weighted by Gasteiger charge is -2.08. The maximum absolute atomic E-state index is 3.47. The molecular weight excluding hydrogens is 198 g/mol. The van der Waals surface area contributed by atoms with E-state index in [0.717, 1.165) is 13.1 Å². The van der Waals surface area contributed by atoms with E-state index in [1.807, 2.05) is 23.1 Å². The summed E-state index contributed by atoms with van der Waals surface area (Å²) in [5.74, 6) is 0. The maximum atomic E-state index is 3.47. The fourth-order valence-corrected chi connectivity index (χ4v) is 2.22. The molecule has 1 heterocycles. The summed E-state index contributed by atoms with van der Waals surface area (Å²) in [6, 6.07) is 2.18. The number of hydrogen-bond acceptors (Lipinski definition) is 3. The van der Waals surface area contributed by atoms with Gasteiger partial charge in [0.2, 0.25) is 0 Å². The highest BCUT2D eigenvalue weighted by Crippen LogP contribution is 2.15. The van der Waals surface area contributed by atoms with Crippen LogP contribution < -0.4 is 5.32 Å². The Morgan fingerprint density at radius 1 is 1.62 bits per heavy atom. The molecule has 74 valence electrons. The summed E-state index contributed by atoms with van der Waals surface area (Å²) in [6.45, 7) is 6.54. The van der Waals surface area contributed by atoms with Gasteiger partial charge in [0, 0.05) is 23.2 Å². The molecule has 0 aliphatic carbocycles. The predicted octanol–water partition coefficient (Wildman–Crippen LogP) is 2.90. The number of thiophene rings is 1. The molecular formula is C10H17NS2. The third-order valence-corrected chi connectivity index (χ3v) is 4.08. The standard InChI is InChI=1S/C10H17NS2/c1-8-4-5-13-10(8)7-11-6-9(2)12-3/h4-5,9,11H,6-7H2,1-3H3. The van der Waals surface area contributed by atoms with E-state index < -0.39 is 0 Å². The highest BCUT2D eigenvalue weighted by atomic mass is 32.2. The fourth-order valence-electron chi connectivity index (χ4n) is 1.06. The van der Waals surface area contributed by atoms with Crippen molar-refractivity contribution in [3.05, 3.63) is 21.9 Å². The minimum Gasteiger partial charge on any atom is -0.311 e. The Labute approximate surface area is 88.9 Å². The Morgan fingerprint density at radius 2 is 2.38 bits per heavy atom. The van der Waals surface area contributed by atoms with Gasteiger partial charge in [0.1, 0.15) is 0 Å². The van der Waals surface area contributed by atoms with Crippen LogP contribution in [-0.2, 0) is 6.54 Å². The van der Waals surface area contributed by atoms with E-state index in [1.54, 1.807) is 0 Å². The molecule has 1 rings (SSSR count). The van der Waals surface area contributed by atoms with Crippen molar-refractivity contribution < 1.29 is 0 Å². The number of rotatable bonds is 5. The van der Waals surface area contributed by atoms with Gasteiger partial charge in [-0.25, -0.2) is 0 Å². The molecule has 1 nitrogen and oxygen atoms in total. The zero-order valence-electron chi connectivity index (χ0n) is 8.46. The van der Waals surface area contributed by atoms with Gasteiger partial charge >= 0.3 is 0 Å². The predicted molar refractivity (Wildman–Crippen MR) is 63.7 cm³/mol. The van der Waals surface area contributed by atoms with Crippen LogP contribution in [0.4, 0.5) is 0 Å². The first-order valence-corrected chi connectivity index (χ1v) is 6.67. The number of hydrogen-bond donors (Lipinski definition) is 1. The van der Waals surface area contributed by atoms with Crippen molar-refractivity contribution in [1.82, 2.24) is 5.32 Å². The molecule has 1 N–H and O–H groups in total. The molecule has 1 aromatic heterocycles. The van der Waals surface area contributed by atoms with Crippen LogP contribution in [-0.4, -0.2) is 18.1 Å². The SMILES string of the molecule is CSC(C)CNCc1sccc1C. The summed E-state index contributed by atoms with van der Waals surface area (Å²) < 4.78 is 0. The second kappa shape index (κ2) is 5.68. The van der Waals surface area contributed by atoms with E-state index in [9.17, 15) is 0 Å². The fraction of sp³-hybridized carbons (Fsp3) is 0.600. The van der Waals surface area contributed by atoms with Crippen molar-refractivity contribution in [2.45, 2.75) is 25.6 Å². The minimum atomic E-state index is 0.709. The van der Waals surface area contributed by atoms with Gasteiger partial charge in [-0.15, -0.1) is 11.3 Å². The first-order valence-electron chi connectivity index (χ1n) is 4.50. The van der Waals surface area contributed by atoms with Crippen molar-refractivity contribution in [2.24, 2.45) is 0 Å². The van der Waals surface area contributed by atoms with Crippen LogP contribution in [0.25, 0.3) is 0 Å². The molecule has 0 amide bonds. The molecule has 0 fully saturated rings. The normalized spacial score (nSPS) is 13.2. The summed E-state index contributed by atoms with van der Waals surface area (Å²) >= 11 is 3.75. The first kappa shape index (κ1) is 11.1. The minimum absolute atomic E-state index is 0.709. The third kappa shape index (κ3) is 3.71. The summed E-state index contributed by atoms with van der Waals surface area (Å²) in [5, 5.41) is 6.33. The van der Waals surface area contributed by atoms with Crippen LogP contribution >= 0.6 is 23.1 Å². The van der Waals surface area contributed by atoms with Crippen molar-refractivity contribution in [2.75, 3.05) is 12.8 Å². The second-order valence-corrected chi connectivity index (χ2v) is 5.48. The van der Waals surface area contributed by atoms with E-state index in [0.29, 0.717) is 5.25 Å². The molecule has 0 aliphatic heterocycles. The Bertz CT molecular complexity index is 245. The Morgan fingerprint density at radius 3 is 2.92 bits per heavy atom. The van der Waals surface area contributed by atoms with Gasteiger partial charge in [0.05, 0.1) is 0 Å². The average molecular weight is 215 g/mol. The summed E-state index contributed by atoms with van der Waals surface area (Å²) in [4.78, 5) is 1.47. The number of aryl methyl sites for hydroxylation is 1. The topological polar surface area (TPSA) is 12.0 Å². The number of thioether (sulfide) groups is 1. The quantitative estimate of drug-likeness (QED) is 0.810. The largest absolute Gasteiger partial charge is 0.311 e. The second-order valence-electron chi connectivity index (χ2n) is 3.20. The molecule has 1 unspecified atom stereocenters. The summed E-state index contributed by atoms with van der Waals surface area (Å²) in [7, 11) is 0. The first-order chi connectivity index (χ1) is 6.24. The van der Waals surface area contributed by atoms with Crippen LogP contribution in [0.3, 0.4) is 0 Å². The Hall–Kier alpha value is 0.0100. The maximum Gasteiger partial charge on any atom is 0.0302 e. The molecule has 0 spiro atoms. The van der Waals surface area contributed by atoms with E-state index in [4.69, 9.17) is 0 Å². The lowest BCUT2D eigenvalue weighted by molar-refractivity contribution is 0.689. The summed E-state index contributed by atoms with van der Waals surface area (Å²) in [6.07, 6.45) is 2.16. The molecule has 1 atom stereocenters. The monoisotopic (exact) mass is 215 g/mol. The average Bonchev–Trinajstić information content (AvgIpc) is 2.52. The zero-order valence-corrected chi connectivity index (χ0v) is 10.1. The van der Waals surface area contributed by atoms with Crippen molar-refractivity contribution in [3.8, 4) is 0 Å². The lowest BCUT2D eigenvalue weighted by atomic mass is 10.3. The van der Waals surface area contributed by atoms with Gasteiger partial charge in [0.25, 0.3) is 0 Å². The highest BCUT2D eigenvalue weighted by molar-refractivity contribution is 7.99.